The third-order valence-electron chi connectivity index (χ3n) is 3.38. The molecule has 0 aromatic heterocycles. The van der Waals surface area contributed by atoms with E-state index < -0.39 is 6.10 Å². The molecule has 1 aliphatic rings. The van der Waals surface area contributed by atoms with Crippen LogP contribution in [-0.4, -0.2) is 18.8 Å². The highest BCUT2D eigenvalue weighted by molar-refractivity contribution is 9.10. The fourth-order valence-electron chi connectivity index (χ4n) is 2.18. The van der Waals surface area contributed by atoms with Gasteiger partial charge in [0.25, 0.3) is 5.91 Å². The van der Waals surface area contributed by atoms with Crippen molar-refractivity contribution in [3.63, 3.8) is 0 Å². The minimum Gasteiger partial charge on any atom is -0.481 e. The average molecular weight is 378 g/mol. The molecule has 0 bridgehead atoms. The molecule has 0 aliphatic carbocycles. The molecule has 1 unspecified atom stereocenters. The largest absolute Gasteiger partial charge is 0.481 e. The molecule has 0 saturated heterocycles. The molecule has 1 aliphatic heterocycles. The van der Waals surface area contributed by atoms with E-state index in [1.165, 1.54) is 0 Å². The third kappa shape index (κ3) is 3.96. The van der Waals surface area contributed by atoms with E-state index >= 15 is 0 Å². The molecule has 5 nitrogen and oxygen atoms in total. The van der Waals surface area contributed by atoms with Crippen molar-refractivity contribution >= 4 is 21.8 Å². The van der Waals surface area contributed by atoms with E-state index in [2.05, 4.69) is 21.2 Å². The third-order valence-corrected chi connectivity index (χ3v) is 3.88. The number of ether oxygens (including phenoxy) is 3. The smallest absolute Gasteiger partial charge is 0.261 e. The summed E-state index contributed by atoms with van der Waals surface area (Å²) < 4.78 is 17.1. The van der Waals surface area contributed by atoms with Gasteiger partial charge in [0, 0.05) is 11.0 Å². The fraction of sp³-hybridized carbons (Fsp3) is 0.235. The van der Waals surface area contributed by atoms with Gasteiger partial charge in [0.05, 0.1) is 0 Å². The molecular formula is C17H16BrNO4. The van der Waals surface area contributed by atoms with Gasteiger partial charge in [-0.15, -0.1) is 0 Å². The highest BCUT2D eigenvalue weighted by Crippen LogP contribution is 2.32. The number of carbonyl (C=O) groups excluding carboxylic acids is 1. The molecule has 0 saturated carbocycles. The van der Waals surface area contributed by atoms with Gasteiger partial charge in [0.15, 0.2) is 17.6 Å². The highest BCUT2D eigenvalue weighted by Gasteiger charge is 2.16. The molecule has 0 radical (unpaired) electrons. The van der Waals surface area contributed by atoms with Crippen LogP contribution in [0.25, 0.3) is 0 Å². The Morgan fingerprint density at radius 1 is 1.26 bits per heavy atom. The Hall–Kier alpha value is -2.21. The van der Waals surface area contributed by atoms with E-state index in [0.717, 1.165) is 15.8 Å². The number of halogens is 1. The summed E-state index contributed by atoms with van der Waals surface area (Å²) in [5.74, 6) is 1.90. The zero-order valence-corrected chi connectivity index (χ0v) is 14.1. The van der Waals surface area contributed by atoms with Crippen molar-refractivity contribution in [2.45, 2.75) is 19.6 Å². The Balaban J connectivity index is 1.54. The van der Waals surface area contributed by atoms with Crippen LogP contribution in [0.5, 0.6) is 17.2 Å². The number of hydrogen-bond donors (Lipinski definition) is 1. The molecule has 0 fully saturated rings. The van der Waals surface area contributed by atoms with Crippen molar-refractivity contribution in [3.8, 4) is 17.2 Å². The van der Waals surface area contributed by atoms with Gasteiger partial charge in [-0.25, -0.2) is 0 Å². The number of benzene rings is 2. The van der Waals surface area contributed by atoms with Crippen molar-refractivity contribution in [3.05, 3.63) is 52.5 Å². The zero-order chi connectivity index (χ0) is 16.2. The molecule has 1 atom stereocenters. The lowest BCUT2D eigenvalue weighted by molar-refractivity contribution is -0.127. The second-order valence-corrected chi connectivity index (χ2v) is 6.04. The van der Waals surface area contributed by atoms with Gasteiger partial charge in [0.2, 0.25) is 6.79 Å². The number of amides is 1. The Morgan fingerprint density at radius 2 is 2.09 bits per heavy atom. The lowest BCUT2D eigenvalue weighted by Gasteiger charge is -2.15. The Kier molecular flexibility index (Phi) is 4.71. The molecule has 1 heterocycles. The summed E-state index contributed by atoms with van der Waals surface area (Å²) in [5.41, 5.74) is 0.942. The Labute approximate surface area is 142 Å². The first-order valence-corrected chi connectivity index (χ1v) is 7.99. The molecule has 0 spiro atoms. The predicted octanol–water partition coefficient (Wildman–Crippen LogP) is 3.26. The summed E-state index contributed by atoms with van der Waals surface area (Å²) in [6.45, 7) is 2.36. The monoisotopic (exact) mass is 377 g/mol. The summed E-state index contributed by atoms with van der Waals surface area (Å²) in [5, 5.41) is 2.85. The summed E-state index contributed by atoms with van der Waals surface area (Å²) in [6, 6.07) is 13.0. The minimum atomic E-state index is -0.585. The first-order chi connectivity index (χ1) is 11.1. The van der Waals surface area contributed by atoms with Gasteiger partial charge in [-0.2, -0.15) is 0 Å². The van der Waals surface area contributed by atoms with Gasteiger partial charge in [-0.05, 0) is 42.8 Å². The number of carbonyl (C=O) groups is 1. The predicted molar refractivity (Wildman–Crippen MR) is 88.6 cm³/mol. The standard InChI is InChI=1S/C17H16BrNO4/c1-11(23-14-4-2-3-13(18)8-14)17(20)19-9-12-5-6-15-16(7-12)22-10-21-15/h2-8,11H,9-10H2,1H3,(H,19,20). The topological polar surface area (TPSA) is 56.8 Å². The Bertz CT molecular complexity index is 719. The number of nitrogens with one attached hydrogen (secondary N) is 1. The quantitative estimate of drug-likeness (QED) is 0.868. The fourth-order valence-corrected chi connectivity index (χ4v) is 2.56. The van der Waals surface area contributed by atoms with Gasteiger partial charge < -0.3 is 19.5 Å². The molecule has 2 aromatic rings. The van der Waals surface area contributed by atoms with Gasteiger partial charge >= 0.3 is 0 Å². The molecule has 1 amide bonds. The molecular weight excluding hydrogens is 362 g/mol. The highest BCUT2D eigenvalue weighted by atomic mass is 79.9. The van der Waals surface area contributed by atoms with Crippen LogP contribution in [0.1, 0.15) is 12.5 Å². The molecule has 23 heavy (non-hydrogen) atoms. The summed E-state index contributed by atoms with van der Waals surface area (Å²) >= 11 is 3.37. The van der Waals surface area contributed by atoms with Crippen molar-refractivity contribution in [1.82, 2.24) is 5.32 Å². The molecule has 2 aromatic carbocycles. The van der Waals surface area contributed by atoms with Crippen molar-refractivity contribution < 1.29 is 19.0 Å². The first kappa shape index (κ1) is 15.7. The van der Waals surface area contributed by atoms with Crippen LogP contribution in [0.2, 0.25) is 0 Å². The van der Waals surface area contributed by atoms with E-state index in [9.17, 15) is 4.79 Å². The number of hydrogen-bond acceptors (Lipinski definition) is 4. The number of fused-ring (bicyclic) bond motifs is 1. The first-order valence-electron chi connectivity index (χ1n) is 7.20. The minimum absolute atomic E-state index is 0.178. The van der Waals surface area contributed by atoms with Crippen molar-refractivity contribution in [2.24, 2.45) is 0 Å². The average Bonchev–Trinajstić information content (AvgIpc) is 3.00. The van der Waals surface area contributed by atoms with Crippen LogP contribution in [-0.2, 0) is 11.3 Å². The zero-order valence-electron chi connectivity index (χ0n) is 12.5. The lowest BCUT2D eigenvalue weighted by atomic mass is 10.2. The second-order valence-electron chi connectivity index (χ2n) is 5.12. The number of rotatable bonds is 5. The molecule has 1 N–H and O–H groups in total. The van der Waals surface area contributed by atoms with Crippen LogP contribution >= 0.6 is 15.9 Å². The SMILES string of the molecule is CC(Oc1cccc(Br)c1)C(=O)NCc1ccc2c(c1)OCO2. The second kappa shape index (κ2) is 6.91. The van der Waals surface area contributed by atoms with Crippen LogP contribution in [0.3, 0.4) is 0 Å². The Morgan fingerprint density at radius 3 is 2.91 bits per heavy atom. The van der Waals surface area contributed by atoms with E-state index in [4.69, 9.17) is 14.2 Å². The summed E-state index contributed by atoms with van der Waals surface area (Å²) in [4.78, 5) is 12.1. The van der Waals surface area contributed by atoms with Crippen molar-refractivity contribution in [2.75, 3.05) is 6.79 Å². The summed E-state index contributed by atoms with van der Waals surface area (Å²) in [7, 11) is 0. The molecule has 120 valence electrons. The van der Waals surface area contributed by atoms with Gasteiger partial charge in [-0.3, -0.25) is 4.79 Å². The maximum atomic E-state index is 12.1. The maximum absolute atomic E-state index is 12.1. The van der Waals surface area contributed by atoms with E-state index in [1.807, 2.05) is 42.5 Å². The van der Waals surface area contributed by atoms with Crippen LogP contribution in [0, 0.1) is 0 Å². The van der Waals surface area contributed by atoms with Crippen molar-refractivity contribution in [1.29, 1.82) is 0 Å². The molecule has 3 rings (SSSR count). The van der Waals surface area contributed by atoms with Crippen LogP contribution in [0.15, 0.2) is 46.9 Å². The maximum Gasteiger partial charge on any atom is 0.261 e. The van der Waals surface area contributed by atoms with Gasteiger partial charge in [0.1, 0.15) is 5.75 Å². The van der Waals surface area contributed by atoms with Crippen LogP contribution < -0.4 is 19.5 Å². The van der Waals surface area contributed by atoms with E-state index in [1.54, 1.807) is 6.92 Å². The van der Waals surface area contributed by atoms with Gasteiger partial charge in [-0.1, -0.05) is 28.1 Å². The summed E-state index contributed by atoms with van der Waals surface area (Å²) in [6.07, 6.45) is -0.585. The normalized spacial score (nSPS) is 13.5. The van der Waals surface area contributed by atoms with Crippen LogP contribution in [0.4, 0.5) is 0 Å². The van der Waals surface area contributed by atoms with E-state index in [0.29, 0.717) is 18.0 Å². The molecule has 6 heteroatoms. The lowest BCUT2D eigenvalue weighted by Crippen LogP contribution is -2.35. The van der Waals surface area contributed by atoms with E-state index in [-0.39, 0.29) is 12.7 Å².